The lowest BCUT2D eigenvalue weighted by atomic mass is 10.4. The summed E-state index contributed by atoms with van der Waals surface area (Å²) in [7, 11) is 0. The molecule has 0 fully saturated rings. The van der Waals surface area contributed by atoms with Crippen LogP contribution in [0.3, 0.4) is 0 Å². The largest absolute Gasteiger partial charge is 0.356 e. The van der Waals surface area contributed by atoms with Gasteiger partial charge in [0.25, 0.3) is 0 Å². The van der Waals surface area contributed by atoms with Crippen molar-refractivity contribution in [3.8, 4) is 0 Å². The molecule has 0 aromatic heterocycles. The molecule has 0 unspecified atom stereocenters. The first kappa shape index (κ1) is 12.2. The van der Waals surface area contributed by atoms with E-state index >= 15 is 0 Å². The maximum atomic E-state index is 11.0. The van der Waals surface area contributed by atoms with Crippen LogP contribution in [0.2, 0.25) is 0 Å². The number of rotatable bonds is 6. The van der Waals surface area contributed by atoms with E-state index < -0.39 is 0 Å². The molecule has 7 heteroatoms. The molecule has 2 N–H and O–H groups in total. The summed E-state index contributed by atoms with van der Waals surface area (Å²) in [4.78, 5) is 24.0. The van der Waals surface area contributed by atoms with Gasteiger partial charge in [-0.15, -0.1) is 0 Å². The third-order valence-corrected chi connectivity index (χ3v) is 1.32. The molecule has 0 aliphatic carbocycles. The molecule has 14 heavy (non-hydrogen) atoms. The Hall–Kier alpha value is -1.75. The number of amides is 2. The molecule has 0 saturated carbocycles. The number of azide groups is 1. The minimum Gasteiger partial charge on any atom is -0.356 e. The van der Waals surface area contributed by atoms with E-state index in [1.807, 2.05) is 0 Å². The molecule has 0 atom stereocenters. The van der Waals surface area contributed by atoms with Gasteiger partial charge in [-0.25, -0.2) is 0 Å². The van der Waals surface area contributed by atoms with Crippen molar-refractivity contribution in [1.82, 2.24) is 10.6 Å². The second-order valence-corrected chi connectivity index (χ2v) is 2.54. The Balaban J connectivity index is 3.36. The summed E-state index contributed by atoms with van der Waals surface area (Å²) in [5, 5.41) is 8.28. The van der Waals surface area contributed by atoms with Crippen LogP contribution in [0.25, 0.3) is 10.4 Å². The van der Waals surface area contributed by atoms with Crippen molar-refractivity contribution in [3.05, 3.63) is 10.4 Å². The molecule has 0 radical (unpaired) electrons. The van der Waals surface area contributed by atoms with Gasteiger partial charge in [-0.1, -0.05) is 5.11 Å². The van der Waals surface area contributed by atoms with Crippen molar-refractivity contribution in [2.24, 2.45) is 5.11 Å². The summed E-state index contributed by atoms with van der Waals surface area (Å²) in [5.74, 6) is -0.334. The van der Waals surface area contributed by atoms with E-state index in [1.54, 1.807) is 0 Å². The van der Waals surface area contributed by atoms with E-state index in [4.69, 9.17) is 5.53 Å². The van der Waals surface area contributed by atoms with Gasteiger partial charge in [-0.05, 0) is 5.53 Å². The Bertz CT molecular complexity index is 236. The van der Waals surface area contributed by atoms with Crippen LogP contribution in [-0.4, -0.2) is 31.4 Å². The fraction of sp³-hybridized carbons (Fsp3) is 0.714. The molecule has 0 aromatic carbocycles. The number of hydrogen-bond acceptors (Lipinski definition) is 3. The van der Waals surface area contributed by atoms with Crippen LogP contribution in [0, 0.1) is 0 Å². The maximum Gasteiger partial charge on any atom is 0.221 e. The normalized spacial score (nSPS) is 8.64. The van der Waals surface area contributed by atoms with Crippen molar-refractivity contribution in [3.63, 3.8) is 0 Å². The molecule has 78 valence electrons. The van der Waals surface area contributed by atoms with Gasteiger partial charge in [0.1, 0.15) is 0 Å². The first-order valence-electron chi connectivity index (χ1n) is 4.19. The fourth-order valence-corrected chi connectivity index (χ4v) is 0.730. The number of hydrogen-bond donors (Lipinski definition) is 2. The van der Waals surface area contributed by atoms with E-state index in [1.165, 1.54) is 6.92 Å². The lowest BCUT2D eigenvalue weighted by Gasteiger charge is -2.03. The fourth-order valence-electron chi connectivity index (χ4n) is 0.730. The van der Waals surface area contributed by atoms with Crippen LogP contribution in [0.15, 0.2) is 5.11 Å². The third-order valence-electron chi connectivity index (χ3n) is 1.32. The van der Waals surface area contributed by atoms with E-state index in [9.17, 15) is 9.59 Å². The molecule has 0 saturated heterocycles. The summed E-state index contributed by atoms with van der Waals surface area (Å²) < 4.78 is 0. The van der Waals surface area contributed by atoms with Gasteiger partial charge in [-0.2, -0.15) is 0 Å². The summed E-state index contributed by atoms with van der Waals surface area (Å²) in [5.41, 5.74) is 7.93. The molecule has 0 bridgehead atoms. The monoisotopic (exact) mass is 199 g/mol. The topological polar surface area (TPSA) is 107 Å². The second-order valence-electron chi connectivity index (χ2n) is 2.54. The molecular weight excluding hydrogens is 186 g/mol. The van der Waals surface area contributed by atoms with Crippen molar-refractivity contribution < 1.29 is 9.59 Å². The van der Waals surface area contributed by atoms with Crippen LogP contribution in [0.4, 0.5) is 0 Å². The van der Waals surface area contributed by atoms with E-state index in [0.717, 1.165) is 0 Å². The van der Waals surface area contributed by atoms with Crippen LogP contribution in [0.1, 0.15) is 13.3 Å². The van der Waals surface area contributed by atoms with Gasteiger partial charge in [0.05, 0.1) is 0 Å². The van der Waals surface area contributed by atoms with Crippen LogP contribution < -0.4 is 10.6 Å². The van der Waals surface area contributed by atoms with Crippen molar-refractivity contribution in [2.75, 3.05) is 19.6 Å². The number of carbonyl (C=O) groups is 2. The molecule has 0 aliphatic heterocycles. The molecule has 0 aromatic rings. The summed E-state index contributed by atoms with van der Waals surface area (Å²) in [6.45, 7) is 2.27. The Labute approximate surface area is 81.5 Å². The summed E-state index contributed by atoms with van der Waals surface area (Å²) in [6.07, 6.45) is 0.232. The van der Waals surface area contributed by atoms with E-state index in [2.05, 4.69) is 20.7 Å². The van der Waals surface area contributed by atoms with Gasteiger partial charge in [0.2, 0.25) is 11.8 Å². The van der Waals surface area contributed by atoms with Gasteiger partial charge in [0.15, 0.2) is 0 Å². The highest BCUT2D eigenvalue weighted by molar-refractivity contribution is 5.77. The number of nitrogens with zero attached hydrogens (tertiary/aromatic N) is 3. The number of carbonyl (C=O) groups excluding carboxylic acids is 2. The molecular formula is C7H13N5O2. The Morgan fingerprint density at radius 1 is 1.36 bits per heavy atom. The van der Waals surface area contributed by atoms with Crippen LogP contribution >= 0.6 is 0 Å². The predicted octanol–water partition coefficient (Wildman–Crippen LogP) is -0.0609. The highest BCUT2D eigenvalue weighted by atomic mass is 16.2. The van der Waals surface area contributed by atoms with E-state index in [0.29, 0.717) is 13.1 Å². The van der Waals surface area contributed by atoms with Crippen molar-refractivity contribution in [2.45, 2.75) is 13.3 Å². The zero-order chi connectivity index (χ0) is 10.8. The Morgan fingerprint density at radius 2 is 2.07 bits per heavy atom. The molecule has 2 amide bonds. The maximum absolute atomic E-state index is 11.0. The van der Waals surface area contributed by atoms with E-state index in [-0.39, 0.29) is 24.8 Å². The zero-order valence-electron chi connectivity index (χ0n) is 7.99. The van der Waals surface area contributed by atoms with Crippen molar-refractivity contribution in [1.29, 1.82) is 0 Å². The first-order chi connectivity index (χ1) is 6.66. The second kappa shape index (κ2) is 7.88. The average molecular weight is 199 g/mol. The van der Waals surface area contributed by atoms with Gasteiger partial charge < -0.3 is 10.6 Å². The first-order valence-corrected chi connectivity index (χ1v) is 4.19. The summed E-state index contributed by atoms with van der Waals surface area (Å²) >= 11 is 0. The average Bonchev–Trinajstić information content (AvgIpc) is 2.12. The zero-order valence-corrected chi connectivity index (χ0v) is 7.99. The standard InChI is InChI=1S/C7H13N5O2/c1-6(13)9-3-2-7(14)10-4-5-11-12-8/h2-5H2,1H3,(H,9,13)(H,10,14). The molecule has 0 spiro atoms. The quantitative estimate of drug-likeness (QED) is 0.270. The lowest BCUT2D eigenvalue weighted by Crippen LogP contribution is -2.30. The molecule has 7 nitrogen and oxygen atoms in total. The third kappa shape index (κ3) is 8.35. The molecule has 0 rings (SSSR count). The highest BCUT2D eigenvalue weighted by Crippen LogP contribution is 1.77. The SMILES string of the molecule is CC(=O)NCCC(=O)NCCN=[N+]=[N-]. The Morgan fingerprint density at radius 3 is 2.64 bits per heavy atom. The van der Waals surface area contributed by atoms with Gasteiger partial charge >= 0.3 is 0 Å². The van der Waals surface area contributed by atoms with Crippen molar-refractivity contribution >= 4 is 11.8 Å². The van der Waals surface area contributed by atoms with Gasteiger partial charge in [-0.3, -0.25) is 9.59 Å². The highest BCUT2D eigenvalue weighted by Gasteiger charge is 1.99. The predicted molar refractivity (Wildman–Crippen MR) is 50.3 cm³/mol. The lowest BCUT2D eigenvalue weighted by molar-refractivity contribution is -0.121. The Kier molecular flexibility index (Phi) is 6.89. The van der Waals surface area contributed by atoms with Crippen LogP contribution in [0.5, 0.6) is 0 Å². The molecule has 0 heterocycles. The molecule has 0 aliphatic rings. The minimum absolute atomic E-state index is 0.160. The van der Waals surface area contributed by atoms with Gasteiger partial charge in [0, 0.05) is 37.9 Å². The smallest absolute Gasteiger partial charge is 0.221 e. The summed E-state index contributed by atoms with van der Waals surface area (Å²) in [6, 6.07) is 0. The minimum atomic E-state index is -0.174. The number of nitrogens with one attached hydrogen (secondary N) is 2. The van der Waals surface area contributed by atoms with Crippen LogP contribution in [-0.2, 0) is 9.59 Å².